The van der Waals surface area contributed by atoms with Crippen molar-refractivity contribution in [3.63, 3.8) is 0 Å². The summed E-state index contributed by atoms with van der Waals surface area (Å²) < 4.78 is 4.64. The molecule has 6 heteroatoms. The molecule has 0 aliphatic rings. The fourth-order valence-corrected chi connectivity index (χ4v) is 7.74. The van der Waals surface area contributed by atoms with Gasteiger partial charge in [0.1, 0.15) is 13.1 Å². The predicted octanol–water partition coefficient (Wildman–Crippen LogP) is 6.44. The van der Waals surface area contributed by atoms with Crippen LogP contribution in [0.3, 0.4) is 0 Å². The van der Waals surface area contributed by atoms with E-state index < -0.39 is 0 Å². The second kappa shape index (κ2) is 25.5. The van der Waals surface area contributed by atoms with Crippen LogP contribution in [0, 0.1) is 27.7 Å². The number of nitrogens with zero attached hydrogens (tertiary/aromatic N) is 2. The number of aromatic nitrogens is 2. The van der Waals surface area contributed by atoms with Gasteiger partial charge in [0.05, 0.1) is 0 Å². The minimum Gasteiger partial charge on any atom is -1.00 e. The number of pyridine rings is 2. The summed E-state index contributed by atoms with van der Waals surface area (Å²) >= 11 is 6.96. The first-order valence-electron chi connectivity index (χ1n) is 19.7. The molecule has 56 heavy (non-hydrogen) atoms. The summed E-state index contributed by atoms with van der Waals surface area (Å²) in [6, 6.07) is 40.6. The fraction of sp³-hybridized carbons (Fsp3) is 0.320. The standard InChI is InChI=1S/C32H38N2.C18H20Br2.2BrH/c1-25-19-26(2)22-33(21-25)17-5-7-29-9-13-31(14-10-29)32-15-11-30(12-16-32)8-6-18-34-23-27(3)20-28(4)24-34;19-13-1-3-15-5-9-17(10-6-15)18-11-7-16(8-12-18)4-2-14-20;;/h9-16,19-24H,5-8,17-18H2,1-4H3;5-12H,1-4,13-14H2;2*1H/q+2;;;/p-2. The van der Waals surface area contributed by atoms with Crippen molar-refractivity contribution in [1.29, 1.82) is 0 Å². The van der Waals surface area contributed by atoms with Gasteiger partial charge in [0.15, 0.2) is 24.8 Å². The van der Waals surface area contributed by atoms with Crippen LogP contribution in [0.1, 0.15) is 70.2 Å². The maximum Gasteiger partial charge on any atom is 0.171 e. The highest BCUT2D eigenvalue weighted by Crippen LogP contribution is 2.23. The van der Waals surface area contributed by atoms with E-state index in [1.807, 2.05) is 0 Å². The van der Waals surface area contributed by atoms with E-state index in [1.54, 1.807) is 0 Å². The lowest BCUT2D eigenvalue weighted by Crippen LogP contribution is -3.00. The summed E-state index contributed by atoms with van der Waals surface area (Å²) in [5.41, 5.74) is 16.2. The van der Waals surface area contributed by atoms with Crippen molar-refractivity contribution in [2.24, 2.45) is 0 Å². The zero-order chi connectivity index (χ0) is 38.1. The molecule has 2 aromatic heterocycles. The molecule has 0 fully saturated rings. The number of halogens is 4. The topological polar surface area (TPSA) is 7.76 Å². The van der Waals surface area contributed by atoms with E-state index in [2.05, 4.69) is 203 Å². The molecule has 0 unspecified atom stereocenters. The third-order valence-electron chi connectivity index (χ3n) is 9.83. The SMILES string of the molecule is BrCCCc1ccc(-c2ccc(CCCBr)cc2)cc1.Cc1cc(C)c[n+](CCCc2ccc(-c3ccc(CCC[n+]4cc(C)cc(C)c4)cc3)cc2)c1.[Br-].[Br-]. The van der Waals surface area contributed by atoms with Gasteiger partial charge in [0.2, 0.25) is 0 Å². The Morgan fingerprint density at radius 1 is 0.357 bits per heavy atom. The highest BCUT2D eigenvalue weighted by Gasteiger charge is 2.07. The van der Waals surface area contributed by atoms with Crippen molar-refractivity contribution in [3.05, 3.63) is 178 Å². The monoisotopic (exact) mass is 1000 g/mol. The third kappa shape index (κ3) is 16.2. The van der Waals surface area contributed by atoms with Crippen LogP contribution in [0.5, 0.6) is 0 Å². The van der Waals surface area contributed by atoms with Crippen molar-refractivity contribution in [2.45, 2.75) is 92.2 Å². The summed E-state index contributed by atoms with van der Waals surface area (Å²) in [4.78, 5) is 0. The summed E-state index contributed by atoms with van der Waals surface area (Å²) in [5, 5.41) is 2.15. The summed E-state index contributed by atoms with van der Waals surface area (Å²) in [5.74, 6) is 0. The second-order valence-corrected chi connectivity index (χ2v) is 16.4. The van der Waals surface area contributed by atoms with Crippen molar-refractivity contribution in [2.75, 3.05) is 10.7 Å². The van der Waals surface area contributed by atoms with Crippen LogP contribution in [-0.4, -0.2) is 10.7 Å². The first-order chi connectivity index (χ1) is 26.3. The van der Waals surface area contributed by atoms with E-state index >= 15 is 0 Å². The molecule has 0 aliphatic heterocycles. The smallest absolute Gasteiger partial charge is 0.171 e. The summed E-state index contributed by atoms with van der Waals surface area (Å²) in [6.45, 7) is 10.8. The lowest BCUT2D eigenvalue weighted by atomic mass is 10.00. The zero-order valence-electron chi connectivity index (χ0n) is 33.6. The third-order valence-corrected chi connectivity index (χ3v) is 11.0. The first kappa shape index (κ1) is 47.5. The van der Waals surface area contributed by atoms with Crippen LogP contribution in [0.4, 0.5) is 0 Å². The Hall–Kier alpha value is -2.90. The van der Waals surface area contributed by atoms with E-state index in [-0.39, 0.29) is 34.0 Å². The molecular formula is C50H58Br4N2. The quantitative estimate of drug-likeness (QED) is 0.0780. The van der Waals surface area contributed by atoms with E-state index in [4.69, 9.17) is 0 Å². The van der Waals surface area contributed by atoms with Crippen LogP contribution < -0.4 is 43.1 Å². The predicted molar refractivity (Wildman–Crippen MR) is 237 cm³/mol. The summed E-state index contributed by atoms with van der Waals surface area (Å²) in [7, 11) is 0. The van der Waals surface area contributed by atoms with Gasteiger partial charge in [-0.1, -0.05) is 129 Å². The van der Waals surface area contributed by atoms with E-state index in [0.29, 0.717) is 0 Å². The Morgan fingerprint density at radius 2 is 0.589 bits per heavy atom. The molecular weight excluding hydrogens is 948 g/mol. The van der Waals surface area contributed by atoms with Gasteiger partial charge in [-0.05, 0) is 123 Å². The summed E-state index contributed by atoms with van der Waals surface area (Å²) in [6.07, 6.45) is 18.2. The maximum atomic E-state index is 3.48. The highest BCUT2D eigenvalue weighted by atomic mass is 79.9. The Balaban J connectivity index is 0.000000328. The van der Waals surface area contributed by atoms with E-state index in [1.165, 1.54) is 79.6 Å². The second-order valence-electron chi connectivity index (χ2n) is 14.8. The van der Waals surface area contributed by atoms with Gasteiger partial charge in [-0.15, -0.1) is 0 Å². The molecule has 0 saturated carbocycles. The molecule has 296 valence electrons. The Morgan fingerprint density at radius 3 is 0.821 bits per heavy atom. The van der Waals surface area contributed by atoms with Crippen LogP contribution in [0.25, 0.3) is 22.3 Å². The molecule has 6 rings (SSSR count). The van der Waals surface area contributed by atoms with Gasteiger partial charge in [-0.25, -0.2) is 9.13 Å². The van der Waals surface area contributed by atoms with Gasteiger partial charge in [0.25, 0.3) is 0 Å². The molecule has 0 bridgehead atoms. The Kier molecular flexibility index (Phi) is 21.6. The van der Waals surface area contributed by atoms with Gasteiger partial charge in [-0.2, -0.15) is 0 Å². The molecule has 0 aliphatic carbocycles. The molecule has 2 nitrogen and oxygen atoms in total. The van der Waals surface area contributed by atoms with E-state index in [9.17, 15) is 0 Å². The first-order valence-corrected chi connectivity index (χ1v) is 22.0. The average Bonchev–Trinajstić information content (AvgIpc) is 3.17. The number of rotatable bonds is 16. The van der Waals surface area contributed by atoms with Gasteiger partial charge in [0, 0.05) is 45.8 Å². The number of benzene rings is 4. The average molecular weight is 1010 g/mol. The molecule has 6 aromatic rings. The van der Waals surface area contributed by atoms with Gasteiger partial charge >= 0.3 is 0 Å². The molecule has 0 amide bonds. The van der Waals surface area contributed by atoms with Crippen LogP contribution in [-0.2, 0) is 38.8 Å². The van der Waals surface area contributed by atoms with Crippen molar-refractivity contribution < 1.29 is 43.1 Å². The van der Waals surface area contributed by atoms with Crippen molar-refractivity contribution >= 4 is 31.9 Å². The largest absolute Gasteiger partial charge is 1.00 e. The molecule has 0 atom stereocenters. The lowest BCUT2D eigenvalue weighted by Gasteiger charge is -2.06. The Labute approximate surface area is 375 Å². The lowest BCUT2D eigenvalue weighted by molar-refractivity contribution is -0.698. The molecule has 2 heterocycles. The zero-order valence-corrected chi connectivity index (χ0v) is 39.9. The number of hydrogen-bond acceptors (Lipinski definition) is 0. The molecule has 0 saturated heterocycles. The van der Waals surface area contributed by atoms with Crippen LogP contribution in [0.15, 0.2) is 134 Å². The van der Waals surface area contributed by atoms with Gasteiger partial charge in [-0.3, -0.25) is 0 Å². The molecule has 0 radical (unpaired) electrons. The van der Waals surface area contributed by atoms with Crippen LogP contribution in [0.2, 0.25) is 0 Å². The number of hydrogen-bond donors (Lipinski definition) is 0. The molecule has 0 spiro atoms. The minimum atomic E-state index is 0. The van der Waals surface area contributed by atoms with Crippen molar-refractivity contribution in [1.82, 2.24) is 0 Å². The van der Waals surface area contributed by atoms with Crippen LogP contribution >= 0.6 is 31.9 Å². The maximum absolute atomic E-state index is 3.48. The normalized spacial score (nSPS) is 10.5. The minimum absolute atomic E-state index is 0. The van der Waals surface area contributed by atoms with E-state index in [0.717, 1.165) is 62.3 Å². The molecule has 4 aromatic carbocycles. The number of aryl methyl sites for hydroxylation is 10. The number of alkyl halides is 2. The van der Waals surface area contributed by atoms with Gasteiger partial charge < -0.3 is 34.0 Å². The Bertz CT molecular complexity index is 1820. The van der Waals surface area contributed by atoms with Crippen molar-refractivity contribution in [3.8, 4) is 22.3 Å². The highest BCUT2D eigenvalue weighted by molar-refractivity contribution is 9.09. The fourth-order valence-electron chi connectivity index (χ4n) is 7.18. The molecule has 0 N–H and O–H groups in total.